The van der Waals surface area contributed by atoms with Gasteiger partial charge in [0, 0.05) is 0 Å². The molecule has 0 aromatic carbocycles. The monoisotopic (exact) mass is 1200 g/mol. The molecule has 0 unspecified atom stereocenters. The van der Waals surface area contributed by atoms with Gasteiger partial charge in [0.1, 0.15) is 0 Å². The summed E-state index contributed by atoms with van der Waals surface area (Å²) < 4.78 is -44.3. The fraction of sp³-hybridized carbons (Fsp3) is 1.00. The Hall–Kier alpha value is 8.41. The molecule has 0 N–H and O–H groups in total. The van der Waals surface area contributed by atoms with Crippen LogP contribution in [-0.2, 0) is 0 Å². The standard InChI is InChI=1S/C15H3Cl29/c1-2(16,17)3(18,19)4(20,21)5(22,23)6(24,25)7(26,27)8(28,29)9(30,31)10(32,33)11(34,35)12(36,37)13(38,39)14(40,41)15(42,43)44/h1H3. The summed E-state index contributed by atoms with van der Waals surface area (Å²) in [5, 5.41) is 0. The van der Waals surface area contributed by atoms with Gasteiger partial charge in [-0.15, -0.1) is 0 Å². The maximum Gasteiger partial charge on any atom is 0.226 e. The van der Waals surface area contributed by atoms with E-state index < -0.39 is 60.1 Å². The molecule has 0 atom stereocenters. The van der Waals surface area contributed by atoms with Crippen LogP contribution < -0.4 is 0 Å². The fourth-order valence-electron chi connectivity index (χ4n) is 2.43. The second-order valence-electron chi connectivity index (χ2n) is 8.28. The summed E-state index contributed by atoms with van der Waals surface area (Å²) in [5.41, 5.74) is 0. The molecule has 29 heteroatoms. The summed E-state index contributed by atoms with van der Waals surface area (Å²) >= 11 is 182. The molecule has 0 aliphatic heterocycles. The van der Waals surface area contributed by atoms with E-state index in [2.05, 4.69) is 0 Å². The quantitative estimate of drug-likeness (QED) is 0.171. The summed E-state index contributed by atoms with van der Waals surface area (Å²) in [5.74, 6) is 0. The topological polar surface area (TPSA) is 0 Å². The van der Waals surface area contributed by atoms with Crippen LogP contribution in [0.15, 0.2) is 0 Å². The molecule has 44 heavy (non-hydrogen) atoms. The van der Waals surface area contributed by atoms with Gasteiger partial charge in [-0.2, -0.15) is 0 Å². The van der Waals surface area contributed by atoms with Gasteiger partial charge in [-0.3, -0.25) is 0 Å². The number of alkyl halides is 29. The molecule has 0 bridgehead atoms. The Bertz CT molecular complexity index is 964. The molecule has 0 amide bonds. The Balaban J connectivity index is 7.52. The third kappa shape index (κ3) is 7.82. The van der Waals surface area contributed by atoms with E-state index in [-0.39, 0.29) is 0 Å². The highest BCUT2D eigenvalue weighted by molar-refractivity contribution is 6.85. The molecular weight excluding hydrogens is 1210 g/mol. The van der Waals surface area contributed by atoms with E-state index in [4.69, 9.17) is 336 Å². The van der Waals surface area contributed by atoms with Crippen molar-refractivity contribution in [3.05, 3.63) is 0 Å². The fourth-order valence-corrected chi connectivity index (χ4v) is 11.9. The lowest BCUT2D eigenvalue weighted by atomic mass is 9.97. The highest BCUT2D eigenvalue weighted by Crippen LogP contribution is 2.77. The predicted molar refractivity (Wildman–Crippen MR) is 214 cm³/mol. The van der Waals surface area contributed by atoms with E-state index in [1.807, 2.05) is 0 Å². The number of halogens is 29. The Morgan fingerprint density at radius 1 is 0.182 bits per heavy atom. The zero-order valence-corrected chi connectivity index (χ0v) is 40.9. The average molecular weight is 1210 g/mol. The van der Waals surface area contributed by atoms with Crippen LogP contribution in [0.4, 0.5) is 0 Å². The summed E-state index contributed by atoms with van der Waals surface area (Å²) in [6, 6.07) is 0. The maximum atomic E-state index is 6.48. The zero-order chi connectivity index (χ0) is 37.0. The van der Waals surface area contributed by atoms with Crippen molar-refractivity contribution in [2.45, 2.75) is 67.0 Å². The summed E-state index contributed by atoms with van der Waals surface area (Å²) in [6.45, 7) is 1.02. The minimum absolute atomic E-state index is 1.02. The third-order valence-corrected chi connectivity index (χ3v) is 25.7. The van der Waals surface area contributed by atoms with Gasteiger partial charge in [-0.05, 0) is 6.92 Å². The van der Waals surface area contributed by atoms with E-state index in [0.717, 1.165) is 6.92 Å². The lowest BCUT2D eigenvalue weighted by molar-refractivity contribution is 0.404. The van der Waals surface area contributed by atoms with Gasteiger partial charge in [-0.1, -0.05) is 336 Å². The van der Waals surface area contributed by atoms with Gasteiger partial charge in [-0.25, -0.2) is 0 Å². The van der Waals surface area contributed by atoms with Crippen molar-refractivity contribution in [1.82, 2.24) is 0 Å². The maximum absolute atomic E-state index is 6.48. The van der Waals surface area contributed by atoms with Crippen LogP contribution in [0.2, 0.25) is 0 Å². The highest BCUT2D eigenvalue weighted by Gasteiger charge is 2.86. The van der Waals surface area contributed by atoms with Gasteiger partial charge in [0.25, 0.3) is 0 Å². The Morgan fingerprint density at radius 2 is 0.295 bits per heavy atom. The first-order valence-corrected chi connectivity index (χ1v) is 20.2. The van der Waals surface area contributed by atoms with Crippen LogP contribution in [0.25, 0.3) is 0 Å². The molecule has 0 radical (unpaired) electrons. The van der Waals surface area contributed by atoms with Crippen molar-refractivity contribution in [3.8, 4) is 0 Å². The normalized spacial score (nSPS) is 17.3. The molecule has 0 saturated carbocycles. The predicted octanol–water partition coefficient (Wildman–Crippen LogP) is 17.6. The lowest BCUT2D eigenvalue weighted by Gasteiger charge is -2.58. The summed E-state index contributed by atoms with van der Waals surface area (Å²) in [7, 11) is 0. The number of hydrogen-bond donors (Lipinski definition) is 0. The molecule has 0 aromatic rings. The molecule has 0 aliphatic rings. The zero-order valence-electron chi connectivity index (χ0n) is 19.0. The molecule has 0 spiro atoms. The van der Waals surface area contributed by atoms with Crippen LogP contribution in [0.5, 0.6) is 0 Å². The van der Waals surface area contributed by atoms with E-state index in [1.165, 1.54) is 0 Å². The van der Waals surface area contributed by atoms with Gasteiger partial charge in [0.05, 0.1) is 0 Å². The SMILES string of the molecule is CC(Cl)(Cl)C(Cl)(Cl)C(Cl)(Cl)C(Cl)(Cl)C(Cl)(Cl)C(Cl)(Cl)C(Cl)(Cl)C(Cl)(Cl)C(Cl)(Cl)C(Cl)(Cl)C(Cl)(Cl)C(Cl)(Cl)C(Cl)(Cl)C(Cl)(Cl)Cl. The van der Waals surface area contributed by atoms with Crippen LogP contribution in [-0.4, -0.2) is 60.1 Å². The summed E-state index contributed by atoms with van der Waals surface area (Å²) in [4.78, 5) is 0. The number of hydrogen-bond acceptors (Lipinski definition) is 0. The van der Waals surface area contributed by atoms with Crippen molar-refractivity contribution < 1.29 is 0 Å². The molecule has 0 aromatic heterocycles. The van der Waals surface area contributed by atoms with Gasteiger partial charge in [0.2, 0.25) is 8.13 Å². The highest BCUT2D eigenvalue weighted by atomic mass is 35.6. The Morgan fingerprint density at radius 3 is 0.409 bits per heavy atom. The van der Waals surface area contributed by atoms with E-state index in [9.17, 15) is 0 Å². The molecule has 0 saturated heterocycles. The second-order valence-corrected chi connectivity index (χ2v) is 28.2. The van der Waals surface area contributed by atoms with Crippen LogP contribution in [0, 0.1) is 0 Å². The van der Waals surface area contributed by atoms with E-state index >= 15 is 0 Å². The van der Waals surface area contributed by atoms with Crippen molar-refractivity contribution in [2.75, 3.05) is 0 Å². The largest absolute Gasteiger partial charge is 0.226 e. The first-order valence-electron chi connectivity index (χ1n) is 9.23. The van der Waals surface area contributed by atoms with Crippen molar-refractivity contribution >= 4 is 336 Å². The smallest absolute Gasteiger partial charge is 0.0985 e. The molecule has 0 rings (SSSR count). The Labute approximate surface area is 397 Å². The molecule has 0 nitrogen and oxygen atoms in total. The van der Waals surface area contributed by atoms with Crippen LogP contribution in [0.3, 0.4) is 0 Å². The molecule has 0 fully saturated rings. The summed E-state index contributed by atoms with van der Waals surface area (Å²) in [6.07, 6.45) is 0. The van der Waals surface area contributed by atoms with Crippen molar-refractivity contribution in [1.29, 1.82) is 0 Å². The average Bonchev–Trinajstić information content (AvgIpc) is 2.75. The van der Waals surface area contributed by atoms with Crippen LogP contribution >= 0.6 is 336 Å². The third-order valence-electron chi connectivity index (χ3n) is 5.25. The first-order chi connectivity index (χ1) is 18.2. The van der Waals surface area contributed by atoms with E-state index in [0.29, 0.717) is 0 Å². The van der Waals surface area contributed by atoms with Crippen molar-refractivity contribution in [3.63, 3.8) is 0 Å². The van der Waals surface area contributed by atoms with Gasteiger partial charge >= 0.3 is 0 Å². The second kappa shape index (κ2) is 15.3. The van der Waals surface area contributed by atoms with Crippen LogP contribution in [0.1, 0.15) is 6.92 Å². The first kappa shape index (κ1) is 52.4. The van der Waals surface area contributed by atoms with Gasteiger partial charge < -0.3 is 0 Å². The number of rotatable bonds is 12. The molecule has 0 heterocycles. The minimum atomic E-state index is -3.48. The van der Waals surface area contributed by atoms with Crippen molar-refractivity contribution in [2.24, 2.45) is 0 Å². The minimum Gasteiger partial charge on any atom is -0.0985 e. The lowest BCUT2D eigenvalue weighted by Crippen LogP contribution is -2.75. The molecule has 0 aliphatic carbocycles. The molecule has 266 valence electrons. The Kier molecular flexibility index (Phi) is 18.2. The van der Waals surface area contributed by atoms with Gasteiger partial charge in [0.15, 0.2) is 52.0 Å². The van der Waals surface area contributed by atoms with E-state index in [1.54, 1.807) is 0 Å². The molecular formula is C15H3Cl29.